The number of thiol groups is 1. The standard InChI is InChI=1S/C22H21F3N2O2.CH4S/c1-13-2-4-15(5-3-13)29-16-6-7-21-17(10-16)22(28)26-12-27(21)11-18-19(24)8-14(23)9-20(18)25;1-2/h6-10,12-13,15H,2-5,11H2,1H3;2H,1H3. The van der Waals surface area contributed by atoms with E-state index in [0.29, 0.717) is 34.7 Å². The van der Waals surface area contributed by atoms with E-state index in [1.807, 2.05) is 0 Å². The fourth-order valence-corrected chi connectivity index (χ4v) is 3.82. The Balaban J connectivity index is 0.00000132. The van der Waals surface area contributed by atoms with Gasteiger partial charge in [0.25, 0.3) is 5.56 Å². The van der Waals surface area contributed by atoms with E-state index in [2.05, 4.69) is 24.5 Å². The number of nitrogens with zero attached hydrogens (tertiary/aromatic N) is 2. The van der Waals surface area contributed by atoms with Gasteiger partial charge in [-0.3, -0.25) is 4.79 Å². The molecule has 0 saturated heterocycles. The zero-order valence-electron chi connectivity index (χ0n) is 17.4. The fourth-order valence-electron chi connectivity index (χ4n) is 3.82. The highest BCUT2D eigenvalue weighted by atomic mass is 32.1. The van der Waals surface area contributed by atoms with Crippen molar-refractivity contribution in [1.82, 2.24) is 9.55 Å². The minimum atomic E-state index is -0.985. The lowest BCUT2D eigenvalue weighted by atomic mass is 9.89. The Bertz CT molecular complexity index is 1090. The van der Waals surface area contributed by atoms with Crippen molar-refractivity contribution in [1.29, 1.82) is 0 Å². The predicted molar refractivity (Wildman–Crippen MR) is 118 cm³/mol. The maximum atomic E-state index is 14.0. The van der Waals surface area contributed by atoms with Gasteiger partial charge in [-0.15, -0.1) is 0 Å². The van der Waals surface area contributed by atoms with Crippen LogP contribution in [-0.2, 0) is 6.54 Å². The maximum absolute atomic E-state index is 14.0. The lowest BCUT2D eigenvalue weighted by Crippen LogP contribution is -2.23. The molecule has 0 unspecified atom stereocenters. The van der Waals surface area contributed by atoms with Gasteiger partial charge in [0.1, 0.15) is 23.2 Å². The molecule has 2 aromatic carbocycles. The predicted octanol–water partition coefficient (Wildman–Crippen LogP) is 5.37. The molecule has 0 aliphatic heterocycles. The Hall–Kier alpha value is -2.48. The molecule has 0 atom stereocenters. The minimum absolute atomic E-state index is 0.116. The van der Waals surface area contributed by atoms with Gasteiger partial charge in [0.15, 0.2) is 0 Å². The second kappa shape index (κ2) is 10.2. The summed E-state index contributed by atoms with van der Waals surface area (Å²) in [6.07, 6.45) is 7.21. The molecule has 1 saturated carbocycles. The number of hydrogen-bond donors (Lipinski definition) is 1. The Morgan fingerprint density at radius 1 is 1.06 bits per heavy atom. The van der Waals surface area contributed by atoms with E-state index in [1.54, 1.807) is 24.5 Å². The first-order chi connectivity index (χ1) is 14.9. The Morgan fingerprint density at radius 2 is 1.71 bits per heavy atom. The molecule has 4 rings (SSSR count). The molecule has 0 spiro atoms. The van der Waals surface area contributed by atoms with Gasteiger partial charge in [-0.2, -0.15) is 17.6 Å². The molecule has 0 bridgehead atoms. The highest BCUT2D eigenvalue weighted by molar-refractivity contribution is 7.79. The smallest absolute Gasteiger partial charge is 0.280 e. The van der Waals surface area contributed by atoms with Crippen LogP contribution < -0.4 is 10.3 Å². The van der Waals surface area contributed by atoms with Crippen molar-refractivity contribution in [2.45, 2.75) is 45.3 Å². The van der Waals surface area contributed by atoms with Crippen LogP contribution in [0, 0.1) is 23.4 Å². The van der Waals surface area contributed by atoms with Gasteiger partial charge in [-0.1, -0.05) is 6.92 Å². The lowest BCUT2D eigenvalue weighted by Gasteiger charge is -2.27. The third kappa shape index (κ3) is 5.42. The molecule has 8 heteroatoms. The number of hydrogen-bond acceptors (Lipinski definition) is 4. The topological polar surface area (TPSA) is 44.1 Å². The van der Waals surface area contributed by atoms with Crippen molar-refractivity contribution in [2.75, 3.05) is 6.26 Å². The zero-order chi connectivity index (χ0) is 22.5. The van der Waals surface area contributed by atoms with E-state index < -0.39 is 23.0 Å². The van der Waals surface area contributed by atoms with Crippen molar-refractivity contribution >= 4 is 23.5 Å². The first-order valence-electron chi connectivity index (χ1n) is 10.1. The maximum Gasteiger partial charge on any atom is 0.280 e. The molecule has 1 aliphatic rings. The number of halogens is 3. The van der Waals surface area contributed by atoms with Gasteiger partial charge >= 0.3 is 0 Å². The largest absolute Gasteiger partial charge is 0.490 e. The number of fused-ring (bicyclic) bond motifs is 1. The summed E-state index contributed by atoms with van der Waals surface area (Å²) in [6.45, 7) is 2.01. The van der Waals surface area contributed by atoms with Gasteiger partial charge in [0.2, 0.25) is 0 Å². The monoisotopic (exact) mass is 450 g/mol. The molecule has 4 nitrogen and oxygen atoms in total. The average molecular weight is 451 g/mol. The normalized spacial score (nSPS) is 18.4. The molecular weight excluding hydrogens is 425 g/mol. The van der Waals surface area contributed by atoms with Gasteiger partial charge < -0.3 is 9.30 Å². The highest BCUT2D eigenvalue weighted by Crippen LogP contribution is 2.28. The molecule has 0 radical (unpaired) electrons. The Labute approximate surface area is 184 Å². The summed E-state index contributed by atoms with van der Waals surface area (Å²) in [5, 5.41) is 0.303. The van der Waals surface area contributed by atoms with Crippen LogP contribution in [0.25, 0.3) is 10.9 Å². The van der Waals surface area contributed by atoms with Crippen LogP contribution in [0.15, 0.2) is 41.5 Å². The summed E-state index contributed by atoms with van der Waals surface area (Å²) in [5.41, 5.74) is -0.272. The molecule has 31 heavy (non-hydrogen) atoms. The van der Waals surface area contributed by atoms with Gasteiger partial charge in [0.05, 0.1) is 29.9 Å². The fraction of sp³-hybridized carbons (Fsp3) is 0.391. The van der Waals surface area contributed by atoms with E-state index in [-0.39, 0.29) is 18.2 Å². The molecule has 3 aromatic rings. The summed E-state index contributed by atoms with van der Waals surface area (Å²) in [4.78, 5) is 16.1. The number of benzene rings is 2. The molecule has 1 heterocycles. The summed E-state index contributed by atoms with van der Waals surface area (Å²) < 4.78 is 48.7. The van der Waals surface area contributed by atoms with Gasteiger partial charge in [-0.05, 0) is 56.1 Å². The van der Waals surface area contributed by atoms with Crippen LogP contribution in [0.5, 0.6) is 5.75 Å². The summed E-state index contributed by atoms with van der Waals surface area (Å²) >= 11 is 3.53. The van der Waals surface area contributed by atoms with Crippen LogP contribution in [0.3, 0.4) is 0 Å². The van der Waals surface area contributed by atoms with Crippen molar-refractivity contribution in [3.8, 4) is 5.75 Å². The molecule has 0 amide bonds. The summed E-state index contributed by atoms with van der Waals surface area (Å²) in [5.74, 6) is -1.67. The number of aromatic nitrogens is 2. The van der Waals surface area contributed by atoms with E-state index in [1.165, 1.54) is 10.9 Å². The van der Waals surface area contributed by atoms with Crippen molar-refractivity contribution < 1.29 is 17.9 Å². The molecular formula is C23H25F3N2O2S. The number of rotatable bonds is 4. The average Bonchev–Trinajstić information content (AvgIpc) is 2.75. The van der Waals surface area contributed by atoms with Crippen molar-refractivity contribution in [2.24, 2.45) is 5.92 Å². The first-order valence-corrected chi connectivity index (χ1v) is 11.0. The molecule has 1 fully saturated rings. The lowest BCUT2D eigenvalue weighted by molar-refractivity contribution is 0.135. The Kier molecular flexibility index (Phi) is 7.64. The van der Waals surface area contributed by atoms with E-state index >= 15 is 0 Å². The van der Waals surface area contributed by atoms with E-state index in [9.17, 15) is 18.0 Å². The molecule has 0 N–H and O–H groups in total. The van der Waals surface area contributed by atoms with Crippen LogP contribution >= 0.6 is 12.6 Å². The third-order valence-corrected chi connectivity index (χ3v) is 5.52. The van der Waals surface area contributed by atoms with Crippen molar-refractivity contribution in [3.05, 3.63) is 70.0 Å². The van der Waals surface area contributed by atoms with E-state index in [4.69, 9.17) is 4.74 Å². The second-order valence-electron chi connectivity index (χ2n) is 7.70. The van der Waals surface area contributed by atoms with Crippen LogP contribution in [-0.4, -0.2) is 21.9 Å². The van der Waals surface area contributed by atoms with Gasteiger partial charge in [0, 0.05) is 17.7 Å². The van der Waals surface area contributed by atoms with Crippen LogP contribution in [0.4, 0.5) is 13.2 Å². The van der Waals surface area contributed by atoms with E-state index in [0.717, 1.165) is 25.7 Å². The third-order valence-electron chi connectivity index (χ3n) is 5.52. The van der Waals surface area contributed by atoms with Crippen LogP contribution in [0.1, 0.15) is 38.2 Å². The first kappa shape index (κ1) is 23.2. The second-order valence-corrected chi connectivity index (χ2v) is 7.70. The number of ether oxygens (including phenoxy) is 1. The SMILES string of the molecule is CC1CCC(Oc2ccc3c(c2)c(=O)ncn3Cc2c(F)cc(F)cc2F)CC1.CS. The van der Waals surface area contributed by atoms with Crippen molar-refractivity contribution in [3.63, 3.8) is 0 Å². The van der Waals surface area contributed by atoms with Gasteiger partial charge in [-0.25, -0.2) is 13.2 Å². The molecule has 1 aromatic heterocycles. The zero-order valence-corrected chi connectivity index (χ0v) is 18.3. The Morgan fingerprint density at radius 3 is 2.35 bits per heavy atom. The summed E-state index contributed by atoms with van der Waals surface area (Å²) in [6, 6.07) is 6.31. The molecule has 1 aliphatic carbocycles. The highest BCUT2D eigenvalue weighted by Gasteiger charge is 2.20. The van der Waals surface area contributed by atoms with Crippen LogP contribution in [0.2, 0.25) is 0 Å². The minimum Gasteiger partial charge on any atom is -0.490 e. The summed E-state index contributed by atoms with van der Waals surface area (Å²) in [7, 11) is 0. The quantitative estimate of drug-likeness (QED) is 0.544. The molecule has 166 valence electrons.